The van der Waals surface area contributed by atoms with Crippen molar-refractivity contribution < 1.29 is 13.9 Å². The molecule has 0 unspecified atom stereocenters. The molecular weight excluding hydrogens is 517 g/mol. The molecule has 1 atom stereocenters. The highest BCUT2D eigenvalue weighted by atomic mass is 35.5. The summed E-state index contributed by atoms with van der Waals surface area (Å²) in [4.78, 5) is 21.7. The van der Waals surface area contributed by atoms with Crippen molar-refractivity contribution in [1.82, 2.24) is 24.6 Å². The van der Waals surface area contributed by atoms with E-state index in [1.54, 1.807) is 18.1 Å². The lowest BCUT2D eigenvalue weighted by atomic mass is 9.84. The predicted octanol–water partition coefficient (Wildman–Crippen LogP) is 6.90. The minimum Gasteiger partial charge on any atom is -0.496 e. The zero-order valence-corrected chi connectivity index (χ0v) is 23.8. The molecule has 0 saturated heterocycles. The number of benzene rings is 1. The van der Waals surface area contributed by atoms with E-state index in [0.717, 1.165) is 59.1 Å². The van der Waals surface area contributed by atoms with Gasteiger partial charge < -0.3 is 14.6 Å². The summed E-state index contributed by atoms with van der Waals surface area (Å²) in [7, 11) is 5.20. The van der Waals surface area contributed by atoms with Crippen LogP contribution < -0.4 is 4.74 Å². The Hall–Kier alpha value is -3.39. The molecular formula is C30H35ClFN5O2. The fourth-order valence-corrected chi connectivity index (χ4v) is 6.13. The van der Waals surface area contributed by atoms with Crippen LogP contribution in [0.4, 0.5) is 4.39 Å². The van der Waals surface area contributed by atoms with Gasteiger partial charge in [0, 0.05) is 67.1 Å². The summed E-state index contributed by atoms with van der Waals surface area (Å²) in [6, 6.07) is 5.37. The second-order valence-electron chi connectivity index (χ2n) is 10.8. The molecule has 1 aliphatic rings. The lowest BCUT2D eigenvalue weighted by Gasteiger charge is -2.29. The fourth-order valence-electron chi connectivity index (χ4n) is 5.81. The van der Waals surface area contributed by atoms with Crippen LogP contribution in [0.3, 0.4) is 0 Å². The Balaban J connectivity index is 1.41. The molecule has 7 nitrogen and oxygen atoms in total. The van der Waals surface area contributed by atoms with Crippen LogP contribution in [0.1, 0.15) is 67.8 Å². The van der Waals surface area contributed by atoms with Crippen LogP contribution in [0.5, 0.6) is 5.75 Å². The second-order valence-corrected chi connectivity index (χ2v) is 11.2. The van der Waals surface area contributed by atoms with E-state index in [1.807, 2.05) is 40.3 Å². The van der Waals surface area contributed by atoms with Crippen LogP contribution in [0.15, 0.2) is 36.8 Å². The summed E-state index contributed by atoms with van der Waals surface area (Å²) in [5.41, 5.74) is 5.28. The van der Waals surface area contributed by atoms with Gasteiger partial charge in [-0.3, -0.25) is 9.48 Å². The smallest absolute Gasteiger partial charge is 0.222 e. The number of aromatic amines is 1. The Kier molecular flexibility index (Phi) is 7.67. The normalized spacial score (nSPS) is 18.3. The first kappa shape index (κ1) is 27.2. The van der Waals surface area contributed by atoms with Crippen molar-refractivity contribution >= 4 is 28.5 Å². The number of aryl methyl sites for hydroxylation is 1. The summed E-state index contributed by atoms with van der Waals surface area (Å²) in [5, 5.41) is 5.88. The average molecular weight is 552 g/mol. The quantitative estimate of drug-likeness (QED) is 0.271. The molecule has 0 spiro atoms. The van der Waals surface area contributed by atoms with E-state index in [9.17, 15) is 9.18 Å². The monoisotopic (exact) mass is 551 g/mol. The van der Waals surface area contributed by atoms with Gasteiger partial charge in [0.1, 0.15) is 17.2 Å². The number of carbonyl (C=O) groups is 1. The van der Waals surface area contributed by atoms with Gasteiger partial charge in [0.05, 0.1) is 23.9 Å². The topological polar surface area (TPSA) is 76.0 Å². The number of aromatic nitrogens is 4. The summed E-state index contributed by atoms with van der Waals surface area (Å²) >= 11 is 6.40. The van der Waals surface area contributed by atoms with Crippen LogP contribution in [0.2, 0.25) is 5.02 Å². The number of hydrogen-bond donors (Lipinski definition) is 1. The Morgan fingerprint density at radius 3 is 2.72 bits per heavy atom. The van der Waals surface area contributed by atoms with Gasteiger partial charge in [-0.2, -0.15) is 5.10 Å². The van der Waals surface area contributed by atoms with Crippen LogP contribution >= 0.6 is 11.6 Å². The van der Waals surface area contributed by atoms with Crippen LogP contribution in [0.25, 0.3) is 22.2 Å². The number of ether oxygens (including phenoxy) is 1. The molecule has 206 valence electrons. The third kappa shape index (κ3) is 5.26. The molecule has 1 amide bonds. The number of halogens is 2. The van der Waals surface area contributed by atoms with Crippen molar-refractivity contribution in [3.63, 3.8) is 0 Å². The molecule has 0 radical (unpaired) electrons. The van der Waals surface area contributed by atoms with E-state index in [0.29, 0.717) is 29.7 Å². The zero-order valence-electron chi connectivity index (χ0n) is 23.1. The lowest BCUT2D eigenvalue weighted by Crippen LogP contribution is -2.26. The maximum Gasteiger partial charge on any atom is 0.222 e. The van der Waals surface area contributed by atoms with Crippen molar-refractivity contribution in [2.45, 2.75) is 57.9 Å². The maximum atomic E-state index is 14.4. The molecule has 1 saturated carbocycles. The van der Waals surface area contributed by atoms with Crippen molar-refractivity contribution in [1.29, 1.82) is 0 Å². The predicted molar refractivity (Wildman–Crippen MR) is 152 cm³/mol. The molecule has 39 heavy (non-hydrogen) atoms. The number of amides is 1. The van der Waals surface area contributed by atoms with Crippen LogP contribution in [0, 0.1) is 18.7 Å². The first-order valence-corrected chi connectivity index (χ1v) is 13.8. The van der Waals surface area contributed by atoms with Gasteiger partial charge in [0.15, 0.2) is 0 Å². The molecule has 1 aromatic carbocycles. The standard InChI is InChI=1S/C30H35ClFN5O2/c1-17(28-26(39-5)11-10-25(32)29(28)31)23-15-34-30-22(23)13-20(14-33-30)24-16-37(35-18(24)2)21-8-6-19(7-9-21)12-27(38)36(3)4/h10-11,13-17,19,21H,6-9,12H2,1-5H3,(H,33,34)/t17-,19?,21?/m0/s1. The Morgan fingerprint density at radius 1 is 1.28 bits per heavy atom. The molecule has 0 aliphatic heterocycles. The largest absolute Gasteiger partial charge is 0.496 e. The van der Waals surface area contributed by atoms with E-state index < -0.39 is 5.82 Å². The highest BCUT2D eigenvalue weighted by molar-refractivity contribution is 6.31. The number of H-pyrrole nitrogens is 1. The van der Waals surface area contributed by atoms with E-state index in [2.05, 4.69) is 26.9 Å². The number of carbonyl (C=O) groups excluding carboxylic acids is 1. The number of hydrogen-bond acceptors (Lipinski definition) is 4. The molecule has 4 aromatic rings. The Labute approximate surface area is 233 Å². The minimum atomic E-state index is -0.473. The summed E-state index contributed by atoms with van der Waals surface area (Å²) in [6.45, 7) is 4.01. The first-order chi connectivity index (χ1) is 18.7. The maximum absolute atomic E-state index is 14.4. The molecule has 5 rings (SSSR count). The number of nitrogens with zero attached hydrogens (tertiary/aromatic N) is 4. The van der Waals surface area contributed by atoms with Crippen molar-refractivity contribution in [2.24, 2.45) is 5.92 Å². The second kappa shape index (κ2) is 11.0. The Morgan fingerprint density at radius 2 is 2.03 bits per heavy atom. The van der Waals surface area contributed by atoms with Gasteiger partial charge in [0.2, 0.25) is 5.91 Å². The summed E-state index contributed by atoms with van der Waals surface area (Å²) in [6.07, 6.45) is 10.6. The van der Waals surface area contributed by atoms with Gasteiger partial charge >= 0.3 is 0 Å². The molecule has 1 fully saturated rings. The number of pyridine rings is 1. The number of rotatable bonds is 7. The third-order valence-corrected chi connectivity index (χ3v) is 8.54. The van der Waals surface area contributed by atoms with Crippen molar-refractivity contribution in [3.8, 4) is 16.9 Å². The molecule has 3 heterocycles. The fraction of sp³-hybridized carbons (Fsp3) is 0.433. The molecule has 1 aliphatic carbocycles. The zero-order chi connectivity index (χ0) is 27.8. The highest BCUT2D eigenvalue weighted by Crippen LogP contribution is 2.41. The van der Waals surface area contributed by atoms with E-state index in [-0.39, 0.29) is 16.8 Å². The third-order valence-electron chi connectivity index (χ3n) is 8.16. The molecule has 9 heteroatoms. The number of fused-ring (bicyclic) bond motifs is 1. The number of methoxy groups -OCH3 is 1. The van der Waals surface area contributed by atoms with E-state index in [1.165, 1.54) is 6.07 Å². The molecule has 1 N–H and O–H groups in total. The summed E-state index contributed by atoms with van der Waals surface area (Å²) in [5.74, 6) is 0.491. The van der Waals surface area contributed by atoms with E-state index in [4.69, 9.17) is 21.4 Å². The van der Waals surface area contributed by atoms with Crippen LogP contribution in [-0.2, 0) is 4.79 Å². The summed E-state index contributed by atoms with van der Waals surface area (Å²) < 4.78 is 22.0. The minimum absolute atomic E-state index is 0.0678. The van der Waals surface area contributed by atoms with Gasteiger partial charge in [-0.15, -0.1) is 0 Å². The SMILES string of the molecule is COc1ccc(F)c(Cl)c1[C@@H](C)c1c[nH]c2ncc(-c3cn(C4CCC(CC(=O)N(C)C)CC4)nc3C)cc12. The van der Waals surface area contributed by atoms with Gasteiger partial charge in [-0.1, -0.05) is 18.5 Å². The average Bonchev–Trinajstić information content (AvgIpc) is 3.53. The first-order valence-electron chi connectivity index (χ1n) is 13.4. The number of nitrogens with one attached hydrogen (secondary N) is 1. The van der Waals surface area contributed by atoms with Crippen LogP contribution in [-0.4, -0.2) is 51.8 Å². The van der Waals surface area contributed by atoms with Gasteiger partial charge in [-0.05, 0) is 62.3 Å². The lowest BCUT2D eigenvalue weighted by molar-refractivity contribution is -0.130. The van der Waals surface area contributed by atoms with E-state index >= 15 is 0 Å². The van der Waals surface area contributed by atoms with Gasteiger partial charge in [-0.25, -0.2) is 9.37 Å². The Bertz CT molecular complexity index is 1500. The van der Waals surface area contributed by atoms with Gasteiger partial charge in [0.25, 0.3) is 0 Å². The van der Waals surface area contributed by atoms with Crippen molar-refractivity contribution in [2.75, 3.05) is 21.2 Å². The molecule has 0 bridgehead atoms. The molecule has 3 aromatic heterocycles. The van der Waals surface area contributed by atoms with Crippen molar-refractivity contribution in [3.05, 3.63) is 64.5 Å². The highest BCUT2D eigenvalue weighted by Gasteiger charge is 2.27.